The Balaban J connectivity index is 2.90. The maximum absolute atomic E-state index is 5.69. The van der Waals surface area contributed by atoms with Gasteiger partial charge in [0.2, 0.25) is 0 Å². The summed E-state index contributed by atoms with van der Waals surface area (Å²) >= 11 is 1.83. The predicted molar refractivity (Wildman–Crippen MR) is 75.7 cm³/mol. The van der Waals surface area contributed by atoms with Crippen LogP contribution in [0.15, 0.2) is 11.4 Å². The van der Waals surface area contributed by atoms with Crippen molar-refractivity contribution in [2.24, 2.45) is 5.92 Å². The van der Waals surface area contributed by atoms with Crippen LogP contribution in [0.3, 0.4) is 0 Å². The number of ether oxygens (including phenoxy) is 1. The molecule has 1 aromatic heterocycles. The Morgan fingerprint density at radius 2 is 2.12 bits per heavy atom. The third kappa shape index (κ3) is 3.80. The Hall–Kier alpha value is -0.380. The van der Waals surface area contributed by atoms with E-state index in [1.807, 2.05) is 18.4 Å². The Bertz CT molecular complexity index is 322. The fraction of sp³-hybridized carbons (Fsp3) is 0.714. The van der Waals surface area contributed by atoms with Gasteiger partial charge in [-0.1, -0.05) is 20.8 Å². The van der Waals surface area contributed by atoms with Crippen molar-refractivity contribution in [1.82, 2.24) is 5.32 Å². The molecular weight excluding hydrogens is 230 g/mol. The lowest BCUT2D eigenvalue weighted by molar-refractivity contribution is 0.0335. The molecule has 1 N–H and O–H groups in total. The van der Waals surface area contributed by atoms with Crippen LogP contribution < -0.4 is 5.32 Å². The second-order valence-corrected chi connectivity index (χ2v) is 5.79. The van der Waals surface area contributed by atoms with E-state index in [0.29, 0.717) is 12.0 Å². The molecule has 1 heterocycles. The van der Waals surface area contributed by atoms with Crippen LogP contribution in [0.1, 0.15) is 43.7 Å². The number of aryl methyl sites for hydroxylation is 1. The highest BCUT2D eigenvalue weighted by Crippen LogP contribution is 2.30. The molecular formula is C14H25NOS. The molecule has 1 aromatic rings. The molecule has 0 aromatic carbocycles. The summed E-state index contributed by atoms with van der Waals surface area (Å²) in [6.45, 7) is 9.85. The van der Waals surface area contributed by atoms with Gasteiger partial charge < -0.3 is 10.1 Å². The van der Waals surface area contributed by atoms with Crippen LogP contribution in [0.4, 0.5) is 0 Å². The zero-order valence-corrected chi connectivity index (χ0v) is 12.4. The molecule has 0 saturated heterocycles. The Labute approximate surface area is 109 Å². The molecule has 2 unspecified atom stereocenters. The smallest absolute Gasteiger partial charge is 0.0796 e. The summed E-state index contributed by atoms with van der Waals surface area (Å²) in [5.41, 5.74) is 1.37. The van der Waals surface area contributed by atoms with Crippen LogP contribution in [0, 0.1) is 12.8 Å². The molecule has 0 aliphatic rings. The van der Waals surface area contributed by atoms with E-state index in [9.17, 15) is 0 Å². The van der Waals surface area contributed by atoms with Crippen molar-refractivity contribution < 1.29 is 4.74 Å². The lowest BCUT2D eigenvalue weighted by Gasteiger charge is -2.30. The molecule has 0 amide bonds. The average molecular weight is 255 g/mol. The maximum atomic E-state index is 5.69. The predicted octanol–water partition coefficient (Wildman–Crippen LogP) is 3.77. The van der Waals surface area contributed by atoms with E-state index in [4.69, 9.17) is 4.74 Å². The van der Waals surface area contributed by atoms with Crippen molar-refractivity contribution >= 4 is 11.3 Å². The molecule has 0 saturated carbocycles. The minimum atomic E-state index is 0.235. The van der Waals surface area contributed by atoms with Crippen molar-refractivity contribution in [3.63, 3.8) is 0 Å². The molecule has 3 heteroatoms. The molecule has 17 heavy (non-hydrogen) atoms. The summed E-state index contributed by atoms with van der Waals surface area (Å²) in [7, 11) is 1.81. The lowest BCUT2D eigenvalue weighted by atomic mass is 9.96. The molecule has 1 rings (SSSR count). The van der Waals surface area contributed by atoms with Crippen molar-refractivity contribution in [3.8, 4) is 0 Å². The first-order valence-electron chi connectivity index (χ1n) is 6.42. The van der Waals surface area contributed by atoms with E-state index < -0.39 is 0 Å². The third-order valence-corrected chi connectivity index (χ3v) is 4.16. The largest absolute Gasteiger partial charge is 0.379 e. The van der Waals surface area contributed by atoms with Crippen LogP contribution in [-0.4, -0.2) is 19.8 Å². The lowest BCUT2D eigenvalue weighted by Crippen LogP contribution is -2.36. The number of rotatable bonds is 7. The minimum absolute atomic E-state index is 0.235. The van der Waals surface area contributed by atoms with E-state index in [2.05, 4.69) is 44.5 Å². The molecule has 0 aliphatic heterocycles. The third-order valence-electron chi connectivity index (χ3n) is 3.06. The summed E-state index contributed by atoms with van der Waals surface area (Å²) in [6.07, 6.45) is 1.38. The first kappa shape index (κ1) is 14.7. The van der Waals surface area contributed by atoms with Gasteiger partial charge in [0.1, 0.15) is 0 Å². The number of nitrogens with one attached hydrogen (secondary N) is 1. The second kappa shape index (κ2) is 7.14. The molecule has 0 radical (unpaired) electrons. The van der Waals surface area contributed by atoms with Gasteiger partial charge in [0.15, 0.2) is 0 Å². The highest BCUT2D eigenvalue weighted by Gasteiger charge is 2.27. The van der Waals surface area contributed by atoms with Gasteiger partial charge in [-0.15, -0.1) is 11.3 Å². The van der Waals surface area contributed by atoms with Gasteiger partial charge in [-0.3, -0.25) is 0 Å². The summed E-state index contributed by atoms with van der Waals surface area (Å²) in [4.78, 5) is 1.42. The number of methoxy groups -OCH3 is 1. The van der Waals surface area contributed by atoms with Gasteiger partial charge >= 0.3 is 0 Å². The molecule has 0 fully saturated rings. The fourth-order valence-corrected chi connectivity index (χ4v) is 3.19. The van der Waals surface area contributed by atoms with E-state index >= 15 is 0 Å². The first-order valence-corrected chi connectivity index (χ1v) is 7.29. The van der Waals surface area contributed by atoms with E-state index in [1.165, 1.54) is 10.4 Å². The summed E-state index contributed by atoms with van der Waals surface area (Å²) in [5.74, 6) is 0.510. The van der Waals surface area contributed by atoms with E-state index in [0.717, 1.165) is 13.0 Å². The van der Waals surface area contributed by atoms with Crippen LogP contribution in [0.25, 0.3) is 0 Å². The highest BCUT2D eigenvalue weighted by atomic mass is 32.1. The Morgan fingerprint density at radius 1 is 1.41 bits per heavy atom. The summed E-state index contributed by atoms with van der Waals surface area (Å²) in [6, 6.07) is 2.51. The Kier molecular flexibility index (Phi) is 6.17. The maximum Gasteiger partial charge on any atom is 0.0796 e. The van der Waals surface area contributed by atoms with E-state index in [1.54, 1.807) is 0 Å². The normalized spacial score (nSPS) is 15.2. The zero-order chi connectivity index (χ0) is 12.8. The SMILES string of the molecule is CCCNC(c1sccc1C)C(OC)C(C)C. The van der Waals surface area contributed by atoms with Gasteiger partial charge in [0, 0.05) is 12.0 Å². The molecule has 98 valence electrons. The van der Waals surface area contributed by atoms with Crippen molar-refractivity contribution in [2.75, 3.05) is 13.7 Å². The fourth-order valence-electron chi connectivity index (χ4n) is 2.15. The summed E-state index contributed by atoms with van der Waals surface area (Å²) < 4.78 is 5.69. The topological polar surface area (TPSA) is 21.3 Å². The summed E-state index contributed by atoms with van der Waals surface area (Å²) in [5, 5.41) is 5.80. The van der Waals surface area contributed by atoms with E-state index in [-0.39, 0.29) is 6.10 Å². The van der Waals surface area contributed by atoms with Crippen LogP contribution >= 0.6 is 11.3 Å². The van der Waals surface area contributed by atoms with Crippen molar-refractivity contribution in [1.29, 1.82) is 0 Å². The second-order valence-electron chi connectivity index (χ2n) is 4.84. The van der Waals surface area contributed by atoms with Gasteiger partial charge in [-0.2, -0.15) is 0 Å². The minimum Gasteiger partial charge on any atom is -0.379 e. The highest BCUT2D eigenvalue weighted by molar-refractivity contribution is 7.10. The standard InChI is InChI=1S/C14H25NOS/c1-6-8-15-12(13(16-5)10(2)3)14-11(4)7-9-17-14/h7,9-10,12-13,15H,6,8H2,1-5H3. The monoisotopic (exact) mass is 255 g/mol. The zero-order valence-electron chi connectivity index (χ0n) is 11.6. The number of thiophene rings is 1. The van der Waals surface area contributed by atoms with Gasteiger partial charge in [-0.25, -0.2) is 0 Å². The van der Waals surface area contributed by atoms with Crippen molar-refractivity contribution in [2.45, 2.75) is 46.3 Å². The van der Waals surface area contributed by atoms with Crippen molar-refractivity contribution in [3.05, 3.63) is 21.9 Å². The average Bonchev–Trinajstić information content (AvgIpc) is 2.70. The quantitative estimate of drug-likeness (QED) is 0.801. The molecule has 0 bridgehead atoms. The van der Waals surface area contributed by atoms with Gasteiger partial charge in [-0.05, 0) is 42.8 Å². The first-order chi connectivity index (χ1) is 8.11. The molecule has 0 spiro atoms. The number of hydrogen-bond acceptors (Lipinski definition) is 3. The van der Waals surface area contributed by atoms with Crippen LogP contribution in [-0.2, 0) is 4.74 Å². The molecule has 2 atom stereocenters. The van der Waals surface area contributed by atoms with Gasteiger partial charge in [0.05, 0.1) is 12.1 Å². The number of hydrogen-bond donors (Lipinski definition) is 1. The van der Waals surface area contributed by atoms with Gasteiger partial charge in [0.25, 0.3) is 0 Å². The van der Waals surface area contributed by atoms with Crippen LogP contribution in [0.2, 0.25) is 0 Å². The Morgan fingerprint density at radius 3 is 2.53 bits per heavy atom. The molecule has 2 nitrogen and oxygen atoms in total. The van der Waals surface area contributed by atoms with Crippen LogP contribution in [0.5, 0.6) is 0 Å². The molecule has 0 aliphatic carbocycles.